The Hall–Kier alpha value is -1.53. The van der Waals surface area contributed by atoms with Crippen molar-refractivity contribution < 1.29 is 18.5 Å². The van der Waals surface area contributed by atoms with Crippen molar-refractivity contribution in [3.05, 3.63) is 18.0 Å². The van der Waals surface area contributed by atoms with Gasteiger partial charge in [0, 0.05) is 11.9 Å². The van der Waals surface area contributed by atoms with Crippen molar-refractivity contribution in [1.29, 1.82) is 0 Å². The summed E-state index contributed by atoms with van der Waals surface area (Å²) in [4.78, 5) is 4.50. The van der Waals surface area contributed by atoms with Crippen molar-refractivity contribution >= 4 is 23.7 Å². The van der Waals surface area contributed by atoms with Crippen molar-refractivity contribution in [2.75, 3.05) is 7.11 Å². The standard InChI is InChI=1S/C16H22BNO4/c1-7-12-18-13-11(19-6)9-8-10(14(13)20-12)17-21-15(2,3)16(4,5)22-17/h8-9H,7H2,1-6H3. The number of aromatic nitrogens is 1. The number of hydrogen-bond acceptors (Lipinski definition) is 5. The summed E-state index contributed by atoms with van der Waals surface area (Å²) in [6.07, 6.45) is 0.723. The first kappa shape index (κ1) is 15.4. The molecule has 2 aromatic rings. The molecule has 1 saturated heterocycles. The smallest absolute Gasteiger partial charge is 0.494 e. The Morgan fingerprint density at radius 2 is 1.77 bits per heavy atom. The fraction of sp³-hybridized carbons (Fsp3) is 0.562. The monoisotopic (exact) mass is 303 g/mol. The Kier molecular flexibility index (Phi) is 3.49. The van der Waals surface area contributed by atoms with Gasteiger partial charge in [0.1, 0.15) is 5.75 Å². The molecule has 2 heterocycles. The Bertz CT molecular complexity index is 691. The second-order valence-electron chi connectivity index (χ2n) is 6.58. The van der Waals surface area contributed by atoms with Crippen LogP contribution < -0.4 is 10.2 Å². The van der Waals surface area contributed by atoms with Crippen LogP contribution in [0.1, 0.15) is 40.5 Å². The molecule has 0 spiro atoms. The molecule has 0 N–H and O–H groups in total. The normalized spacial score (nSPS) is 19.8. The molecule has 1 aliphatic rings. The number of nitrogens with zero attached hydrogens (tertiary/aromatic N) is 1. The largest absolute Gasteiger partial charge is 0.498 e. The van der Waals surface area contributed by atoms with E-state index in [2.05, 4.69) is 4.98 Å². The van der Waals surface area contributed by atoms with Crippen molar-refractivity contribution in [1.82, 2.24) is 4.98 Å². The van der Waals surface area contributed by atoms with Crippen LogP contribution in [0.3, 0.4) is 0 Å². The van der Waals surface area contributed by atoms with Crippen LogP contribution >= 0.6 is 0 Å². The van der Waals surface area contributed by atoms with E-state index in [1.807, 2.05) is 46.8 Å². The summed E-state index contributed by atoms with van der Waals surface area (Å²) in [6, 6.07) is 3.80. The summed E-state index contributed by atoms with van der Waals surface area (Å²) in [5.41, 5.74) is 1.46. The number of rotatable bonds is 3. The Labute approximate surface area is 131 Å². The van der Waals surface area contributed by atoms with E-state index in [-0.39, 0.29) is 0 Å². The molecule has 1 aromatic carbocycles. The van der Waals surface area contributed by atoms with Gasteiger partial charge in [0.05, 0.1) is 18.3 Å². The maximum absolute atomic E-state index is 6.12. The predicted octanol–water partition coefficient (Wildman–Crippen LogP) is 2.70. The molecule has 0 unspecified atom stereocenters. The third kappa shape index (κ3) is 2.21. The number of benzene rings is 1. The van der Waals surface area contributed by atoms with E-state index < -0.39 is 18.3 Å². The van der Waals surface area contributed by atoms with Gasteiger partial charge in [0.2, 0.25) is 0 Å². The zero-order chi connectivity index (χ0) is 16.1. The second-order valence-corrected chi connectivity index (χ2v) is 6.58. The minimum Gasteiger partial charge on any atom is -0.494 e. The molecule has 0 bridgehead atoms. The highest BCUT2D eigenvalue weighted by Gasteiger charge is 2.52. The predicted molar refractivity (Wildman–Crippen MR) is 85.7 cm³/mol. The molecule has 3 rings (SSSR count). The molecule has 6 heteroatoms. The fourth-order valence-corrected chi connectivity index (χ4v) is 2.52. The topological polar surface area (TPSA) is 53.7 Å². The third-order valence-corrected chi connectivity index (χ3v) is 4.61. The van der Waals surface area contributed by atoms with E-state index in [1.165, 1.54) is 0 Å². The van der Waals surface area contributed by atoms with Crippen molar-refractivity contribution in [3.8, 4) is 5.75 Å². The molecule has 22 heavy (non-hydrogen) atoms. The number of hydrogen-bond donors (Lipinski definition) is 0. The van der Waals surface area contributed by atoms with Crippen molar-refractivity contribution in [2.24, 2.45) is 0 Å². The highest BCUT2D eigenvalue weighted by molar-refractivity contribution is 6.64. The van der Waals surface area contributed by atoms with Gasteiger partial charge in [-0.25, -0.2) is 4.98 Å². The zero-order valence-corrected chi connectivity index (χ0v) is 14.0. The molecule has 118 valence electrons. The van der Waals surface area contributed by atoms with E-state index in [9.17, 15) is 0 Å². The van der Waals surface area contributed by atoms with Gasteiger partial charge >= 0.3 is 7.12 Å². The van der Waals surface area contributed by atoms with Crippen LogP contribution in [0.25, 0.3) is 11.1 Å². The number of oxazole rings is 1. The van der Waals surface area contributed by atoms with Gasteiger partial charge in [-0.1, -0.05) is 13.0 Å². The second kappa shape index (κ2) is 5.00. The lowest BCUT2D eigenvalue weighted by Crippen LogP contribution is -2.41. The van der Waals surface area contributed by atoms with Crippen LogP contribution in [-0.2, 0) is 15.7 Å². The summed E-state index contributed by atoms with van der Waals surface area (Å²) in [6.45, 7) is 10.1. The average Bonchev–Trinajstić information content (AvgIpc) is 2.96. The maximum Gasteiger partial charge on any atom is 0.498 e. The first-order valence-corrected chi connectivity index (χ1v) is 7.61. The van der Waals surface area contributed by atoms with Crippen LogP contribution in [0.5, 0.6) is 5.75 Å². The van der Waals surface area contributed by atoms with Crippen molar-refractivity contribution in [2.45, 2.75) is 52.2 Å². The highest BCUT2D eigenvalue weighted by atomic mass is 16.7. The maximum atomic E-state index is 6.12. The number of aryl methyl sites for hydroxylation is 1. The van der Waals surface area contributed by atoms with E-state index in [0.717, 1.165) is 11.9 Å². The van der Waals surface area contributed by atoms with E-state index in [1.54, 1.807) is 7.11 Å². The molecule has 0 aliphatic carbocycles. The third-order valence-electron chi connectivity index (χ3n) is 4.61. The van der Waals surface area contributed by atoms with Gasteiger partial charge in [0.25, 0.3) is 0 Å². The van der Waals surface area contributed by atoms with Gasteiger partial charge in [0.15, 0.2) is 17.0 Å². The van der Waals surface area contributed by atoms with E-state index in [0.29, 0.717) is 22.7 Å². The minimum absolute atomic E-state index is 0.391. The summed E-state index contributed by atoms with van der Waals surface area (Å²) >= 11 is 0. The number of methoxy groups -OCH3 is 1. The Balaban J connectivity index is 2.11. The zero-order valence-electron chi connectivity index (χ0n) is 14.0. The first-order valence-electron chi connectivity index (χ1n) is 7.61. The van der Waals surface area contributed by atoms with Gasteiger partial charge < -0.3 is 18.5 Å². The van der Waals surface area contributed by atoms with Crippen LogP contribution in [0, 0.1) is 0 Å². The molecule has 5 nitrogen and oxygen atoms in total. The Morgan fingerprint density at radius 3 is 2.32 bits per heavy atom. The quantitative estimate of drug-likeness (QED) is 0.816. The molecule has 1 aromatic heterocycles. The SMILES string of the molecule is CCc1nc2c(OC)ccc(B3OC(C)(C)C(C)(C)O3)c2o1. The molecule has 0 saturated carbocycles. The summed E-state index contributed by atoms with van der Waals surface area (Å²) in [5, 5.41) is 0. The van der Waals surface area contributed by atoms with Crippen molar-refractivity contribution in [3.63, 3.8) is 0 Å². The van der Waals surface area contributed by atoms with Gasteiger partial charge in [-0.3, -0.25) is 0 Å². The molecule has 0 atom stereocenters. The summed E-state index contributed by atoms with van der Waals surface area (Å²) < 4.78 is 23.5. The van der Waals surface area contributed by atoms with Gasteiger partial charge in [-0.2, -0.15) is 0 Å². The molecule has 0 radical (unpaired) electrons. The lowest BCUT2D eigenvalue weighted by atomic mass is 9.78. The van der Waals surface area contributed by atoms with Gasteiger partial charge in [-0.05, 0) is 33.8 Å². The number of fused-ring (bicyclic) bond motifs is 1. The van der Waals surface area contributed by atoms with Crippen LogP contribution in [0.4, 0.5) is 0 Å². The Morgan fingerprint density at radius 1 is 1.14 bits per heavy atom. The average molecular weight is 303 g/mol. The summed E-state index contributed by atoms with van der Waals surface area (Å²) in [5.74, 6) is 1.37. The minimum atomic E-state index is -0.476. The fourth-order valence-electron chi connectivity index (χ4n) is 2.52. The van der Waals surface area contributed by atoms with Crippen LogP contribution in [-0.4, -0.2) is 30.4 Å². The first-order chi connectivity index (χ1) is 10.3. The molecule has 1 fully saturated rings. The van der Waals surface area contributed by atoms with Crippen LogP contribution in [0.15, 0.2) is 16.5 Å². The molecular weight excluding hydrogens is 281 g/mol. The highest BCUT2D eigenvalue weighted by Crippen LogP contribution is 2.37. The van der Waals surface area contributed by atoms with Crippen LogP contribution in [0.2, 0.25) is 0 Å². The molecule has 1 aliphatic heterocycles. The number of ether oxygens (including phenoxy) is 1. The lowest BCUT2D eigenvalue weighted by molar-refractivity contribution is 0.00578. The van der Waals surface area contributed by atoms with E-state index >= 15 is 0 Å². The molecular formula is C16H22BNO4. The molecule has 0 amide bonds. The lowest BCUT2D eigenvalue weighted by Gasteiger charge is -2.32. The summed E-state index contributed by atoms with van der Waals surface area (Å²) in [7, 11) is 1.15. The van der Waals surface area contributed by atoms with E-state index in [4.69, 9.17) is 18.5 Å². The van der Waals surface area contributed by atoms with Gasteiger partial charge in [-0.15, -0.1) is 0 Å².